The largest absolute Gasteiger partial charge is 0.334 e. The molecule has 1 aliphatic carbocycles. The summed E-state index contributed by atoms with van der Waals surface area (Å²) in [7, 11) is 1.66. The molecule has 0 bridgehead atoms. The number of amides is 4. The molecule has 2 heterocycles. The van der Waals surface area contributed by atoms with Crippen LogP contribution in [-0.4, -0.2) is 65.3 Å². The number of hydrogen-bond acceptors (Lipinski definition) is 4. The molecule has 0 aromatic rings. The highest BCUT2D eigenvalue weighted by atomic mass is 16.2. The van der Waals surface area contributed by atoms with Gasteiger partial charge in [0.1, 0.15) is 11.9 Å². The minimum Gasteiger partial charge on any atom is -0.328 e. The lowest BCUT2D eigenvalue weighted by Crippen LogP contribution is -2.58. The second-order valence-corrected chi connectivity index (χ2v) is 7.72. The van der Waals surface area contributed by atoms with Gasteiger partial charge in [-0.05, 0) is 18.3 Å². The van der Waals surface area contributed by atoms with Gasteiger partial charge in [0.15, 0.2) is 0 Å². The molecule has 2 saturated heterocycles. The number of imide groups is 1. The van der Waals surface area contributed by atoms with Crippen LogP contribution in [0.1, 0.15) is 45.4 Å². The van der Waals surface area contributed by atoms with E-state index in [2.05, 4.69) is 11.6 Å². The third kappa shape index (κ3) is 3.37. The van der Waals surface area contributed by atoms with Crippen LogP contribution in [0.15, 0.2) is 17.3 Å². The molecule has 3 fully saturated rings. The summed E-state index contributed by atoms with van der Waals surface area (Å²) in [6, 6.07) is -1.01. The Morgan fingerprint density at radius 1 is 1.23 bits per heavy atom. The molecule has 0 radical (unpaired) electrons. The lowest BCUT2D eigenvalue weighted by molar-refractivity contribution is 0.0614. The summed E-state index contributed by atoms with van der Waals surface area (Å²) < 4.78 is 0. The number of likely N-dealkylation sites (N-methyl/N-ethyl adjacent to an activating group) is 1. The molecule has 26 heavy (non-hydrogen) atoms. The predicted molar refractivity (Wildman–Crippen MR) is 102 cm³/mol. The molecular weight excluding hydrogens is 330 g/mol. The Balaban J connectivity index is 1.71. The minimum atomic E-state index is -0.384. The fourth-order valence-electron chi connectivity index (χ4n) is 4.23. The average molecular weight is 361 g/mol. The lowest BCUT2D eigenvalue weighted by Gasteiger charge is -2.45. The number of allylic oxidation sites excluding steroid dienone is 1. The average Bonchev–Trinajstić information content (AvgIpc) is 2.84. The first-order valence-electron chi connectivity index (χ1n) is 9.80. The van der Waals surface area contributed by atoms with E-state index >= 15 is 0 Å². The molecule has 144 valence electrons. The normalized spacial score (nSPS) is 26.6. The number of carbonyl (C=O) groups is 2. The monoisotopic (exact) mass is 361 g/mol. The van der Waals surface area contributed by atoms with E-state index in [1.807, 2.05) is 6.92 Å². The molecular formula is C19H31N5O2. The zero-order valence-corrected chi connectivity index (χ0v) is 16.0. The van der Waals surface area contributed by atoms with E-state index in [0.717, 1.165) is 19.0 Å². The Bertz CT molecular complexity index is 605. The molecule has 1 saturated carbocycles. The first-order valence-corrected chi connectivity index (χ1v) is 9.80. The van der Waals surface area contributed by atoms with Gasteiger partial charge < -0.3 is 15.5 Å². The fraction of sp³-hybridized carbons (Fsp3) is 0.737. The molecule has 7 nitrogen and oxygen atoms in total. The Morgan fingerprint density at radius 3 is 2.46 bits per heavy atom. The summed E-state index contributed by atoms with van der Waals surface area (Å²) in [5.41, 5.74) is 6.48. The second-order valence-electron chi connectivity index (χ2n) is 7.72. The number of likely N-dealkylation sites (tertiary alicyclic amines) is 1. The van der Waals surface area contributed by atoms with Crippen LogP contribution in [0.5, 0.6) is 0 Å². The maximum atomic E-state index is 13.0. The summed E-state index contributed by atoms with van der Waals surface area (Å²) in [5, 5.41) is 0. The van der Waals surface area contributed by atoms with Crippen molar-refractivity contribution in [3.63, 3.8) is 0 Å². The molecule has 3 aliphatic rings. The summed E-state index contributed by atoms with van der Waals surface area (Å²) in [6.07, 6.45) is 7.15. The molecule has 7 heteroatoms. The van der Waals surface area contributed by atoms with E-state index in [9.17, 15) is 9.59 Å². The number of hydrogen-bond donors (Lipinski definition) is 1. The molecule has 2 N–H and O–H groups in total. The highest BCUT2D eigenvalue weighted by Crippen LogP contribution is 2.36. The van der Waals surface area contributed by atoms with Gasteiger partial charge in [0, 0.05) is 32.4 Å². The van der Waals surface area contributed by atoms with Crippen molar-refractivity contribution >= 4 is 17.9 Å². The van der Waals surface area contributed by atoms with E-state index in [4.69, 9.17) is 5.73 Å². The van der Waals surface area contributed by atoms with E-state index in [1.54, 1.807) is 11.9 Å². The van der Waals surface area contributed by atoms with Gasteiger partial charge in [-0.25, -0.2) is 14.6 Å². The summed E-state index contributed by atoms with van der Waals surface area (Å²) >= 11 is 0. The van der Waals surface area contributed by atoms with Gasteiger partial charge in [0.2, 0.25) is 0 Å². The molecule has 0 spiro atoms. The summed E-state index contributed by atoms with van der Waals surface area (Å²) in [5.74, 6) is 1.72. The highest BCUT2D eigenvalue weighted by molar-refractivity contribution is 6.18. The van der Waals surface area contributed by atoms with E-state index in [-0.39, 0.29) is 24.6 Å². The van der Waals surface area contributed by atoms with Crippen molar-refractivity contribution in [1.82, 2.24) is 14.7 Å². The Hall–Kier alpha value is -1.89. The first-order chi connectivity index (χ1) is 12.5. The first kappa shape index (κ1) is 18.9. The topological polar surface area (TPSA) is 82.2 Å². The van der Waals surface area contributed by atoms with Gasteiger partial charge in [0.25, 0.3) is 0 Å². The second kappa shape index (κ2) is 7.78. The third-order valence-corrected chi connectivity index (χ3v) is 6.08. The van der Waals surface area contributed by atoms with Crippen molar-refractivity contribution in [3.05, 3.63) is 12.3 Å². The number of urea groups is 2. The number of rotatable bonds is 4. The van der Waals surface area contributed by atoms with Gasteiger partial charge in [-0.3, -0.25) is 0 Å². The number of aliphatic imine (C=N–C) groups is 1. The SMILES string of the molecule is C=C(CC)N=C1C(CN)N(C)C(=O)N1C(=O)N1CC(C2CCCCC2)C1. The van der Waals surface area contributed by atoms with E-state index in [0.29, 0.717) is 23.9 Å². The Kier molecular flexibility index (Phi) is 5.65. The molecule has 1 atom stereocenters. The van der Waals surface area contributed by atoms with Gasteiger partial charge in [-0.15, -0.1) is 0 Å². The predicted octanol–water partition coefficient (Wildman–Crippen LogP) is 2.64. The van der Waals surface area contributed by atoms with Crippen LogP contribution < -0.4 is 5.73 Å². The van der Waals surface area contributed by atoms with Gasteiger partial charge in [-0.2, -0.15) is 4.90 Å². The molecule has 4 amide bonds. The molecule has 3 rings (SSSR count). The molecule has 2 aliphatic heterocycles. The van der Waals surface area contributed by atoms with Crippen LogP contribution in [-0.2, 0) is 0 Å². The van der Waals surface area contributed by atoms with Crippen LogP contribution in [0.4, 0.5) is 9.59 Å². The van der Waals surface area contributed by atoms with Crippen molar-refractivity contribution in [1.29, 1.82) is 0 Å². The van der Waals surface area contributed by atoms with Gasteiger partial charge >= 0.3 is 12.1 Å². The highest BCUT2D eigenvalue weighted by Gasteiger charge is 2.48. The van der Waals surface area contributed by atoms with Crippen LogP contribution in [0.25, 0.3) is 0 Å². The molecule has 0 aromatic heterocycles. The number of nitrogens with zero attached hydrogens (tertiary/aromatic N) is 4. The maximum Gasteiger partial charge on any atom is 0.334 e. The Morgan fingerprint density at radius 2 is 1.88 bits per heavy atom. The minimum absolute atomic E-state index is 0.229. The van der Waals surface area contributed by atoms with Crippen molar-refractivity contribution in [3.8, 4) is 0 Å². The van der Waals surface area contributed by atoms with E-state index in [1.165, 1.54) is 41.9 Å². The fourth-order valence-corrected chi connectivity index (χ4v) is 4.23. The van der Waals surface area contributed by atoms with Crippen molar-refractivity contribution in [2.45, 2.75) is 51.5 Å². The van der Waals surface area contributed by atoms with Crippen LogP contribution in [0.2, 0.25) is 0 Å². The molecule has 0 aromatic carbocycles. The van der Waals surface area contributed by atoms with E-state index < -0.39 is 0 Å². The zero-order valence-electron chi connectivity index (χ0n) is 16.0. The lowest BCUT2D eigenvalue weighted by atomic mass is 9.76. The molecule has 1 unspecified atom stereocenters. The van der Waals surface area contributed by atoms with Crippen molar-refractivity contribution in [2.75, 3.05) is 26.7 Å². The van der Waals surface area contributed by atoms with Crippen LogP contribution in [0.3, 0.4) is 0 Å². The summed E-state index contributed by atoms with van der Waals surface area (Å²) in [4.78, 5) is 34.6. The van der Waals surface area contributed by atoms with Crippen LogP contribution in [0, 0.1) is 11.8 Å². The smallest absolute Gasteiger partial charge is 0.328 e. The number of carbonyl (C=O) groups excluding carboxylic acids is 2. The van der Waals surface area contributed by atoms with Crippen LogP contribution >= 0.6 is 0 Å². The van der Waals surface area contributed by atoms with Crippen molar-refractivity contribution in [2.24, 2.45) is 22.6 Å². The third-order valence-electron chi connectivity index (χ3n) is 6.08. The maximum absolute atomic E-state index is 13.0. The van der Waals surface area contributed by atoms with Crippen molar-refractivity contribution < 1.29 is 9.59 Å². The Labute approximate surface area is 155 Å². The van der Waals surface area contributed by atoms with Gasteiger partial charge in [0.05, 0.1) is 0 Å². The quantitative estimate of drug-likeness (QED) is 0.835. The number of amidine groups is 1. The van der Waals surface area contributed by atoms with Gasteiger partial charge in [-0.1, -0.05) is 45.6 Å². The zero-order chi connectivity index (χ0) is 18.8. The standard InChI is InChI=1S/C19H31N5O2/c1-4-13(2)21-17-16(10-20)22(3)18(25)24(17)19(26)23-11-15(12-23)14-8-6-5-7-9-14/h14-16H,2,4-12,20H2,1,3H3. The summed E-state index contributed by atoms with van der Waals surface area (Å²) in [6.45, 7) is 7.55. The number of nitrogens with two attached hydrogens (primary N) is 1.